The molecule has 0 amide bonds. The zero-order valence-corrected chi connectivity index (χ0v) is 8.51. The summed E-state index contributed by atoms with van der Waals surface area (Å²) in [5.74, 6) is 1.90. The highest BCUT2D eigenvalue weighted by Crippen LogP contribution is 2.39. The predicted molar refractivity (Wildman–Crippen MR) is 53.5 cm³/mol. The Hall–Kier alpha value is -0.480. The molecule has 2 atom stereocenters. The molecule has 0 bridgehead atoms. The molecule has 1 aliphatic heterocycles. The van der Waals surface area contributed by atoms with Crippen LogP contribution in [-0.2, 0) is 0 Å². The summed E-state index contributed by atoms with van der Waals surface area (Å²) in [6, 6.07) is -0.0971. The molecule has 1 fully saturated rings. The van der Waals surface area contributed by atoms with Crippen molar-refractivity contribution in [1.82, 2.24) is 4.98 Å². The third-order valence-electron chi connectivity index (χ3n) is 2.19. The molecule has 3 nitrogen and oxygen atoms in total. The van der Waals surface area contributed by atoms with Crippen molar-refractivity contribution >= 4 is 11.8 Å². The molecule has 13 heavy (non-hydrogen) atoms. The van der Waals surface area contributed by atoms with Gasteiger partial charge >= 0.3 is 0 Å². The highest BCUT2D eigenvalue weighted by atomic mass is 32.2. The second-order valence-corrected chi connectivity index (χ2v) is 4.71. The van der Waals surface area contributed by atoms with Crippen molar-refractivity contribution in [3.8, 4) is 0 Å². The Balaban J connectivity index is 2.12. The van der Waals surface area contributed by atoms with Crippen LogP contribution in [-0.4, -0.2) is 10.7 Å². The van der Waals surface area contributed by atoms with E-state index in [1.54, 1.807) is 6.26 Å². The van der Waals surface area contributed by atoms with Crippen LogP contribution >= 0.6 is 11.8 Å². The van der Waals surface area contributed by atoms with Crippen molar-refractivity contribution in [3.05, 3.63) is 17.8 Å². The SMILES string of the molecule is CC(N)c1nc(C2CCCS2)co1. The molecule has 2 unspecified atom stereocenters. The van der Waals surface area contributed by atoms with Crippen molar-refractivity contribution in [2.75, 3.05) is 5.75 Å². The lowest BCUT2D eigenvalue weighted by Gasteiger charge is -2.01. The second-order valence-electron chi connectivity index (χ2n) is 3.40. The summed E-state index contributed by atoms with van der Waals surface area (Å²) < 4.78 is 5.29. The lowest BCUT2D eigenvalue weighted by molar-refractivity contribution is 0.463. The van der Waals surface area contributed by atoms with E-state index >= 15 is 0 Å². The first-order valence-electron chi connectivity index (χ1n) is 4.60. The largest absolute Gasteiger partial charge is 0.447 e. The van der Waals surface area contributed by atoms with Gasteiger partial charge in [-0.05, 0) is 25.5 Å². The fraction of sp³-hybridized carbons (Fsp3) is 0.667. The van der Waals surface area contributed by atoms with Crippen LogP contribution < -0.4 is 5.73 Å². The molecular weight excluding hydrogens is 184 g/mol. The Labute approximate surface area is 82.1 Å². The van der Waals surface area contributed by atoms with Gasteiger partial charge in [-0.25, -0.2) is 4.98 Å². The molecule has 0 aromatic carbocycles. The van der Waals surface area contributed by atoms with Crippen LogP contribution in [0, 0.1) is 0 Å². The molecule has 0 spiro atoms. The van der Waals surface area contributed by atoms with E-state index in [4.69, 9.17) is 10.2 Å². The van der Waals surface area contributed by atoms with Crippen LogP contribution in [0.3, 0.4) is 0 Å². The quantitative estimate of drug-likeness (QED) is 0.792. The lowest BCUT2D eigenvalue weighted by Crippen LogP contribution is -2.05. The van der Waals surface area contributed by atoms with Crippen molar-refractivity contribution in [2.45, 2.75) is 31.1 Å². The Morgan fingerprint density at radius 2 is 2.62 bits per heavy atom. The molecule has 2 rings (SSSR count). The molecule has 1 saturated heterocycles. The van der Waals surface area contributed by atoms with Gasteiger partial charge in [-0.2, -0.15) is 11.8 Å². The zero-order valence-electron chi connectivity index (χ0n) is 7.69. The van der Waals surface area contributed by atoms with Gasteiger partial charge < -0.3 is 10.2 Å². The molecule has 0 aliphatic carbocycles. The van der Waals surface area contributed by atoms with Crippen LogP contribution in [0.1, 0.15) is 42.6 Å². The Morgan fingerprint density at radius 3 is 3.15 bits per heavy atom. The van der Waals surface area contributed by atoms with Crippen molar-refractivity contribution in [2.24, 2.45) is 5.73 Å². The topological polar surface area (TPSA) is 52.0 Å². The number of rotatable bonds is 2. The highest BCUT2D eigenvalue weighted by Gasteiger charge is 2.21. The minimum Gasteiger partial charge on any atom is -0.447 e. The van der Waals surface area contributed by atoms with E-state index < -0.39 is 0 Å². The van der Waals surface area contributed by atoms with E-state index in [0.717, 1.165) is 5.69 Å². The van der Waals surface area contributed by atoms with E-state index in [1.807, 2.05) is 18.7 Å². The molecule has 72 valence electrons. The van der Waals surface area contributed by atoms with Crippen LogP contribution in [0.15, 0.2) is 10.7 Å². The number of nitrogens with two attached hydrogens (primary N) is 1. The average Bonchev–Trinajstić information content (AvgIpc) is 2.75. The van der Waals surface area contributed by atoms with Gasteiger partial charge in [0.15, 0.2) is 0 Å². The molecule has 0 saturated carbocycles. The molecule has 0 radical (unpaired) electrons. The number of oxazole rings is 1. The lowest BCUT2D eigenvalue weighted by atomic mass is 10.2. The maximum atomic E-state index is 5.66. The summed E-state index contributed by atoms with van der Waals surface area (Å²) >= 11 is 1.96. The molecule has 2 heterocycles. The maximum absolute atomic E-state index is 5.66. The van der Waals surface area contributed by atoms with Gasteiger partial charge in [0.1, 0.15) is 6.26 Å². The van der Waals surface area contributed by atoms with Crippen molar-refractivity contribution in [3.63, 3.8) is 0 Å². The summed E-state index contributed by atoms with van der Waals surface area (Å²) in [4.78, 5) is 4.38. The van der Waals surface area contributed by atoms with Gasteiger partial charge in [0, 0.05) is 0 Å². The first kappa shape index (κ1) is 9.09. The van der Waals surface area contributed by atoms with Gasteiger partial charge in [0.2, 0.25) is 5.89 Å². The standard InChI is InChI=1S/C9H14N2OS/c1-6(10)9-11-7(5-12-9)8-3-2-4-13-8/h5-6,8H,2-4,10H2,1H3. The summed E-state index contributed by atoms with van der Waals surface area (Å²) in [6.45, 7) is 1.89. The van der Waals surface area contributed by atoms with Crippen LogP contribution in [0.4, 0.5) is 0 Å². The van der Waals surface area contributed by atoms with E-state index in [-0.39, 0.29) is 6.04 Å². The second kappa shape index (κ2) is 3.72. The Kier molecular flexibility index (Phi) is 2.60. The number of thioether (sulfide) groups is 1. The van der Waals surface area contributed by atoms with Crippen LogP contribution in [0.5, 0.6) is 0 Å². The third-order valence-corrected chi connectivity index (χ3v) is 3.59. The van der Waals surface area contributed by atoms with Gasteiger partial charge in [0.05, 0.1) is 17.0 Å². The molecular formula is C9H14N2OS. The number of aromatic nitrogens is 1. The van der Waals surface area contributed by atoms with Gasteiger partial charge in [-0.1, -0.05) is 0 Å². The molecule has 2 N–H and O–H groups in total. The van der Waals surface area contributed by atoms with Gasteiger partial charge in [-0.15, -0.1) is 0 Å². The van der Waals surface area contributed by atoms with Gasteiger partial charge in [-0.3, -0.25) is 0 Å². The first-order valence-corrected chi connectivity index (χ1v) is 5.65. The average molecular weight is 198 g/mol. The molecule has 1 aromatic heterocycles. The Morgan fingerprint density at radius 1 is 1.77 bits per heavy atom. The normalized spacial score (nSPS) is 24.9. The number of nitrogens with zero attached hydrogens (tertiary/aromatic N) is 1. The fourth-order valence-corrected chi connectivity index (χ4v) is 2.70. The fourth-order valence-electron chi connectivity index (χ4n) is 1.47. The van der Waals surface area contributed by atoms with Gasteiger partial charge in [0.25, 0.3) is 0 Å². The Bertz CT molecular complexity index is 279. The summed E-state index contributed by atoms with van der Waals surface area (Å²) in [5, 5.41) is 0.538. The minimum atomic E-state index is -0.0971. The monoisotopic (exact) mass is 198 g/mol. The summed E-state index contributed by atoms with van der Waals surface area (Å²) in [6.07, 6.45) is 4.26. The van der Waals surface area contributed by atoms with E-state index in [0.29, 0.717) is 11.1 Å². The summed E-state index contributed by atoms with van der Waals surface area (Å²) in [5.41, 5.74) is 6.73. The van der Waals surface area contributed by atoms with Crippen LogP contribution in [0.25, 0.3) is 0 Å². The zero-order chi connectivity index (χ0) is 9.26. The van der Waals surface area contributed by atoms with Crippen molar-refractivity contribution in [1.29, 1.82) is 0 Å². The number of hydrogen-bond acceptors (Lipinski definition) is 4. The summed E-state index contributed by atoms with van der Waals surface area (Å²) in [7, 11) is 0. The van der Waals surface area contributed by atoms with E-state index in [2.05, 4.69) is 4.98 Å². The van der Waals surface area contributed by atoms with Crippen LogP contribution in [0.2, 0.25) is 0 Å². The molecule has 4 heteroatoms. The number of hydrogen-bond donors (Lipinski definition) is 1. The smallest absolute Gasteiger partial charge is 0.210 e. The highest BCUT2D eigenvalue weighted by molar-refractivity contribution is 7.99. The molecule has 1 aromatic rings. The minimum absolute atomic E-state index is 0.0971. The van der Waals surface area contributed by atoms with E-state index in [9.17, 15) is 0 Å². The maximum Gasteiger partial charge on any atom is 0.210 e. The predicted octanol–water partition coefficient (Wildman–Crippen LogP) is 2.26. The van der Waals surface area contributed by atoms with E-state index in [1.165, 1.54) is 18.6 Å². The third kappa shape index (κ3) is 1.89. The van der Waals surface area contributed by atoms with Crippen molar-refractivity contribution < 1.29 is 4.42 Å². The first-order chi connectivity index (χ1) is 6.27. The molecule has 1 aliphatic rings.